The van der Waals surface area contributed by atoms with Gasteiger partial charge in [-0.1, -0.05) is 104 Å². The maximum absolute atomic E-state index is 12.2. The molecule has 8 heteroatoms. The summed E-state index contributed by atoms with van der Waals surface area (Å²) in [5.41, 5.74) is 7.37. The summed E-state index contributed by atoms with van der Waals surface area (Å²) < 4.78 is 10.1. The predicted molar refractivity (Wildman–Crippen MR) is 182 cm³/mol. The minimum atomic E-state index is -0.485. The molecular weight excluding hydrogens is 624 g/mol. The molecule has 0 spiro atoms. The molecule has 0 amide bonds. The van der Waals surface area contributed by atoms with Gasteiger partial charge in [-0.05, 0) is 72.7 Å². The second-order valence-electron chi connectivity index (χ2n) is 9.77. The number of para-hydroxylation sites is 1. The molecule has 43 heavy (non-hydrogen) atoms. The van der Waals surface area contributed by atoms with Crippen molar-refractivity contribution in [1.29, 1.82) is 0 Å². The van der Waals surface area contributed by atoms with Gasteiger partial charge in [0.15, 0.2) is 6.79 Å². The van der Waals surface area contributed by atoms with E-state index in [1.165, 1.54) is 22.3 Å². The molecule has 0 aromatic heterocycles. The van der Waals surface area contributed by atoms with Crippen molar-refractivity contribution in [2.24, 2.45) is 0 Å². The van der Waals surface area contributed by atoms with Crippen LogP contribution in [0, 0.1) is 6.92 Å². The molecule has 0 fully saturated rings. The first kappa shape index (κ1) is 34.8. The number of hydrogen-bond donors (Lipinski definition) is 1. The molecule has 4 rings (SSSR count). The molecule has 0 aliphatic carbocycles. The van der Waals surface area contributed by atoms with Crippen molar-refractivity contribution in [2.45, 2.75) is 51.3 Å². The third-order valence-corrected chi connectivity index (χ3v) is 8.22. The number of carbonyl (C=O) groups is 1. The number of benzene rings is 4. The average molecular weight is 661 g/mol. The number of carbonyl (C=O) groups excluding carboxylic acids is 1. The lowest BCUT2D eigenvalue weighted by Crippen LogP contribution is -2.11. The molecule has 4 aromatic carbocycles. The fourth-order valence-corrected chi connectivity index (χ4v) is 5.38. The topological polar surface area (TPSA) is 47.6 Å². The van der Waals surface area contributed by atoms with E-state index in [0.717, 1.165) is 18.4 Å². The van der Waals surface area contributed by atoms with Gasteiger partial charge in [0.25, 0.3) is 0 Å². The molecule has 0 unspecified atom stereocenters. The van der Waals surface area contributed by atoms with Gasteiger partial charge < -0.3 is 14.8 Å². The van der Waals surface area contributed by atoms with Crippen LogP contribution < -0.4 is 5.32 Å². The highest BCUT2D eigenvalue weighted by molar-refractivity contribution is 6.45. The van der Waals surface area contributed by atoms with Crippen molar-refractivity contribution in [1.82, 2.24) is 0 Å². The maximum atomic E-state index is 12.2. The van der Waals surface area contributed by atoms with E-state index in [1.807, 2.05) is 19.9 Å². The summed E-state index contributed by atoms with van der Waals surface area (Å²) in [5, 5.41) is 4.10. The standard InChI is InChI=1S/C18H20Cl2.C17H17Cl2NO3/c1-3-13-5-9-15(10-6-13)17(18(19)20)16-11-7-14(4-2)8-12-16;1-3-22-10-23-17(21)12-6-4-5-7-14(12)20-16-13(18)9-8-11(2)15(16)19/h5-12,17-18H,3-4H2,1-2H3;4-9,20H,3,10H2,1-2H3. The molecule has 4 aromatic rings. The number of ether oxygens (including phenoxy) is 2. The first-order chi connectivity index (χ1) is 20.7. The molecule has 228 valence electrons. The molecule has 4 nitrogen and oxygen atoms in total. The smallest absolute Gasteiger partial charge is 0.342 e. The fourth-order valence-electron chi connectivity index (χ4n) is 4.34. The van der Waals surface area contributed by atoms with Crippen molar-refractivity contribution >= 4 is 63.7 Å². The highest BCUT2D eigenvalue weighted by atomic mass is 35.5. The van der Waals surface area contributed by atoms with Crippen molar-refractivity contribution < 1.29 is 14.3 Å². The Bertz CT molecular complexity index is 1410. The number of hydrogen-bond acceptors (Lipinski definition) is 4. The van der Waals surface area contributed by atoms with Crippen LogP contribution in [0.2, 0.25) is 10.0 Å². The van der Waals surface area contributed by atoms with Gasteiger partial charge in [0.05, 0.1) is 27.0 Å². The lowest BCUT2D eigenvalue weighted by Gasteiger charge is -2.19. The fraction of sp³-hybridized carbons (Fsp3) is 0.286. The Morgan fingerprint density at radius 2 is 1.35 bits per heavy atom. The second-order valence-corrected chi connectivity index (χ2v) is 11.7. The molecule has 0 saturated heterocycles. The van der Waals surface area contributed by atoms with Gasteiger partial charge in [0.1, 0.15) is 4.84 Å². The Labute approximate surface area is 275 Å². The van der Waals surface area contributed by atoms with Crippen LogP contribution in [0.3, 0.4) is 0 Å². The minimum absolute atomic E-state index is 0.0233. The van der Waals surface area contributed by atoms with Gasteiger partial charge in [-0.25, -0.2) is 4.79 Å². The van der Waals surface area contributed by atoms with E-state index in [0.29, 0.717) is 33.6 Å². The number of alkyl halides is 2. The Morgan fingerprint density at radius 1 is 0.791 bits per heavy atom. The Hall–Kier alpha value is -2.73. The maximum Gasteiger partial charge on any atom is 0.342 e. The number of nitrogens with one attached hydrogen (secondary N) is 1. The third-order valence-electron chi connectivity index (χ3n) is 6.91. The van der Waals surface area contributed by atoms with Crippen LogP contribution in [0.1, 0.15) is 64.9 Å². The largest absolute Gasteiger partial charge is 0.435 e. The van der Waals surface area contributed by atoms with Crippen LogP contribution in [0.25, 0.3) is 0 Å². The summed E-state index contributed by atoms with van der Waals surface area (Å²) >= 11 is 25.0. The van der Waals surface area contributed by atoms with Crippen LogP contribution >= 0.6 is 46.4 Å². The van der Waals surface area contributed by atoms with Gasteiger partial charge in [-0.2, -0.15) is 0 Å². The van der Waals surface area contributed by atoms with Crippen LogP contribution in [-0.4, -0.2) is 24.2 Å². The first-order valence-electron chi connectivity index (χ1n) is 14.2. The van der Waals surface area contributed by atoms with Crippen LogP contribution in [0.4, 0.5) is 11.4 Å². The highest BCUT2D eigenvalue weighted by Crippen LogP contribution is 2.36. The Kier molecular flexibility index (Phi) is 14.2. The van der Waals surface area contributed by atoms with Crippen molar-refractivity contribution in [3.8, 4) is 0 Å². The summed E-state index contributed by atoms with van der Waals surface area (Å²) in [7, 11) is 0. The Balaban J connectivity index is 0.000000238. The van der Waals surface area contributed by atoms with Crippen molar-refractivity contribution in [3.05, 3.63) is 128 Å². The summed E-state index contributed by atoms with van der Waals surface area (Å²) in [6, 6.07) is 27.7. The van der Waals surface area contributed by atoms with Crippen LogP contribution in [-0.2, 0) is 22.3 Å². The van der Waals surface area contributed by atoms with Crippen molar-refractivity contribution in [2.75, 3.05) is 18.7 Å². The zero-order chi connectivity index (χ0) is 31.4. The summed E-state index contributed by atoms with van der Waals surface area (Å²) in [6.07, 6.45) is 2.09. The number of halogens is 4. The van der Waals surface area contributed by atoms with Crippen LogP contribution in [0.5, 0.6) is 0 Å². The average Bonchev–Trinajstić information content (AvgIpc) is 3.02. The van der Waals surface area contributed by atoms with Gasteiger partial charge in [-0.3, -0.25) is 0 Å². The number of aryl methyl sites for hydroxylation is 3. The van der Waals surface area contributed by atoms with Gasteiger partial charge in [-0.15, -0.1) is 23.2 Å². The first-order valence-corrected chi connectivity index (χ1v) is 15.8. The van der Waals surface area contributed by atoms with E-state index >= 15 is 0 Å². The molecule has 0 aliphatic heterocycles. The lowest BCUT2D eigenvalue weighted by molar-refractivity contribution is -0.0273. The quantitative estimate of drug-likeness (QED) is 0.0752. The lowest BCUT2D eigenvalue weighted by atomic mass is 9.91. The highest BCUT2D eigenvalue weighted by Gasteiger charge is 2.21. The normalized spacial score (nSPS) is 10.8. The minimum Gasteiger partial charge on any atom is -0.435 e. The molecule has 0 bridgehead atoms. The molecule has 0 atom stereocenters. The zero-order valence-electron chi connectivity index (χ0n) is 24.8. The summed E-state index contributed by atoms with van der Waals surface area (Å²) in [4.78, 5) is 11.7. The SMILES string of the molecule is CCOCOC(=O)c1ccccc1Nc1c(Cl)ccc(C)c1Cl.CCc1ccc(C(c2ccc(CC)cc2)C(Cl)Cl)cc1. The summed E-state index contributed by atoms with van der Waals surface area (Å²) in [6.45, 7) is 8.40. The number of esters is 1. The van der Waals surface area contributed by atoms with Crippen molar-refractivity contribution in [3.63, 3.8) is 0 Å². The van der Waals surface area contributed by atoms with E-state index in [-0.39, 0.29) is 12.7 Å². The predicted octanol–water partition coefficient (Wildman–Crippen LogP) is 10.9. The molecule has 1 N–H and O–H groups in total. The molecule has 0 aliphatic rings. The van der Waals surface area contributed by atoms with Crippen LogP contribution in [0.15, 0.2) is 84.9 Å². The number of anilines is 2. The van der Waals surface area contributed by atoms with Gasteiger partial charge in [0.2, 0.25) is 0 Å². The molecule has 0 saturated carbocycles. The Morgan fingerprint density at radius 3 is 1.86 bits per heavy atom. The third kappa shape index (κ3) is 9.89. The summed E-state index contributed by atoms with van der Waals surface area (Å²) in [5.74, 6) is -0.461. The zero-order valence-corrected chi connectivity index (χ0v) is 27.8. The second kappa shape index (κ2) is 17.5. The number of rotatable bonds is 11. The molecule has 0 radical (unpaired) electrons. The van der Waals surface area contributed by atoms with Gasteiger partial charge >= 0.3 is 5.97 Å². The van der Waals surface area contributed by atoms with E-state index in [2.05, 4.69) is 67.7 Å². The molecular formula is C35H37Cl4NO3. The van der Waals surface area contributed by atoms with E-state index < -0.39 is 10.8 Å². The van der Waals surface area contributed by atoms with E-state index in [4.69, 9.17) is 55.9 Å². The van der Waals surface area contributed by atoms with Gasteiger partial charge in [0, 0.05) is 12.5 Å². The monoisotopic (exact) mass is 659 g/mol. The van der Waals surface area contributed by atoms with E-state index in [9.17, 15) is 4.79 Å². The molecule has 0 heterocycles. The van der Waals surface area contributed by atoms with E-state index in [1.54, 1.807) is 30.3 Å².